The number of hydrogen-bond acceptors (Lipinski definition) is 6. The number of benzene rings is 1. The van der Waals surface area contributed by atoms with E-state index in [1.807, 2.05) is 6.07 Å². The lowest BCUT2D eigenvalue weighted by molar-refractivity contribution is 0.127. The molecule has 4 heterocycles. The predicted molar refractivity (Wildman–Crippen MR) is 96.5 cm³/mol. The highest BCUT2D eigenvalue weighted by Crippen LogP contribution is 2.38. The fraction of sp³-hybridized carbons (Fsp3) is 0.158. The number of nitrogens with zero attached hydrogens (tertiary/aromatic N) is 6. The number of imidazole rings is 2. The van der Waals surface area contributed by atoms with Gasteiger partial charge in [0.1, 0.15) is 11.8 Å². The van der Waals surface area contributed by atoms with Gasteiger partial charge in [0, 0.05) is 5.56 Å². The zero-order valence-electron chi connectivity index (χ0n) is 14.8. The molecule has 144 valence electrons. The van der Waals surface area contributed by atoms with Gasteiger partial charge < -0.3 is 14.0 Å². The van der Waals surface area contributed by atoms with Gasteiger partial charge in [0.25, 0.3) is 6.43 Å². The zero-order valence-corrected chi connectivity index (χ0v) is 14.8. The molecule has 0 saturated carbocycles. The maximum Gasteiger partial charge on any atom is 0.256 e. The van der Waals surface area contributed by atoms with E-state index >= 15 is 0 Å². The Morgan fingerprint density at radius 2 is 2.00 bits per heavy atom. The third-order valence-electron chi connectivity index (χ3n) is 4.54. The monoisotopic (exact) mass is 394 g/mol. The Bertz CT molecular complexity index is 1270. The summed E-state index contributed by atoms with van der Waals surface area (Å²) in [7, 11) is 0. The molecule has 0 aliphatic carbocycles. The molecule has 0 spiro atoms. The smallest absolute Gasteiger partial charge is 0.256 e. The first-order valence-electron chi connectivity index (χ1n) is 8.62. The maximum absolute atomic E-state index is 13.2. The van der Waals surface area contributed by atoms with E-state index < -0.39 is 13.0 Å². The summed E-state index contributed by atoms with van der Waals surface area (Å²) in [5.41, 5.74) is 2.66. The predicted octanol–water partition coefficient (Wildman–Crippen LogP) is 3.13. The minimum Gasteiger partial charge on any atom is -0.454 e. The molecule has 1 aromatic carbocycles. The van der Waals surface area contributed by atoms with Crippen LogP contribution < -0.4 is 9.47 Å². The van der Waals surface area contributed by atoms with Crippen LogP contribution in [0.4, 0.5) is 8.78 Å². The lowest BCUT2D eigenvalue weighted by Gasteiger charge is -2.10. The molecule has 0 radical (unpaired) electrons. The Hall–Kier alpha value is -4.00. The first-order chi connectivity index (χ1) is 14.1. The second kappa shape index (κ2) is 6.56. The normalized spacial score (nSPS) is 12.6. The fourth-order valence-corrected chi connectivity index (χ4v) is 3.27. The van der Waals surface area contributed by atoms with Gasteiger partial charge in [-0.05, 0) is 30.3 Å². The molecule has 0 N–H and O–H groups in total. The zero-order chi connectivity index (χ0) is 20.0. The van der Waals surface area contributed by atoms with E-state index in [9.17, 15) is 14.0 Å². The van der Waals surface area contributed by atoms with Crippen LogP contribution in [0.2, 0.25) is 0 Å². The number of halogens is 2. The lowest BCUT2D eigenvalue weighted by Crippen LogP contribution is -2.08. The number of rotatable bonds is 4. The number of fused-ring (bicyclic) bond motifs is 2. The van der Waals surface area contributed by atoms with E-state index in [0.717, 1.165) is 0 Å². The van der Waals surface area contributed by atoms with E-state index in [0.29, 0.717) is 39.8 Å². The molecule has 0 atom stereocenters. The van der Waals surface area contributed by atoms with Gasteiger partial charge >= 0.3 is 0 Å². The van der Waals surface area contributed by atoms with Crippen LogP contribution in [-0.2, 0) is 6.54 Å². The molecule has 29 heavy (non-hydrogen) atoms. The van der Waals surface area contributed by atoms with Crippen molar-refractivity contribution in [3.8, 4) is 40.2 Å². The largest absolute Gasteiger partial charge is 0.454 e. The Morgan fingerprint density at radius 1 is 1.14 bits per heavy atom. The van der Waals surface area contributed by atoms with Crippen LogP contribution in [0.1, 0.15) is 5.69 Å². The molecule has 0 amide bonds. The van der Waals surface area contributed by atoms with E-state index in [4.69, 9.17) is 9.47 Å². The fourth-order valence-electron chi connectivity index (χ4n) is 3.27. The molecule has 0 unspecified atom stereocenters. The topological polar surface area (TPSA) is 90.3 Å². The van der Waals surface area contributed by atoms with Gasteiger partial charge in [0.15, 0.2) is 22.8 Å². The first-order valence-corrected chi connectivity index (χ1v) is 8.62. The third kappa shape index (κ3) is 2.84. The van der Waals surface area contributed by atoms with Crippen LogP contribution in [0, 0.1) is 11.3 Å². The molecule has 0 bridgehead atoms. The van der Waals surface area contributed by atoms with Crippen molar-refractivity contribution in [1.82, 2.24) is 24.1 Å². The molecule has 3 aromatic heterocycles. The van der Waals surface area contributed by atoms with Gasteiger partial charge in [-0.3, -0.25) is 0 Å². The van der Waals surface area contributed by atoms with Gasteiger partial charge in [-0.2, -0.15) is 10.4 Å². The van der Waals surface area contributed by atoms with Gasteiger partial charge in [0.2, 0.25) is 6.79 Å². The molecule has 4 aromatic rings. The standard InChI is InChI=1S/C19H12F2N6O2/c20-16(21)8-26-9-24-18(11-1-3-14-15(5-11)29-10-28-14)19(26)13-2-4-17-23-7-12(6-22)27(17)25-13/h1-5,7,9,16H,8,10H2. The molecule has 8 nitrogen and oxygen atoms in total. The Morgan fingerprint density at radius 3 is 2.83 bits per heavy atom. The average Bonchev–Trinajstić information content (AvgIpc) is 3.44. The average molecular weight is 394 g/mol. The van der Waals surface area contributed by atoms with Gasteiger partial charge in [0.05, 0.1) is 30.5 Å². The van der Waals surface area contributed by atoms with E-state index in [2.05, 4.69) is 15.1 Å². The van der Waals surface area contributed by atoms with Gasteiger partial charge in [-0.25, -0.2) is 23.3 Å². The van der Waals surface area contributed by atoms with Crippen LogP contribution in [0.15, 0.2) is 42.9 Å². The first kappa shape index (κ1) is 17.1. The molecule has 0 fully saturated rings. The molecule has 0 saturated heterocycles. The van der Waals surface area contributed by atoms with Crippen LogP contribution in [0.25, 0.3) is 28.3 Å². The molecule has 1 aliphatic heterocycles. The number of hydrogen-bond donors (Lipinski definition) is 0. The Balaban J connectivity index is 1.70. The number of alkyl halides is 2. The quantitative estimate of drug-likeness (QED) is 0.528. The highest BCUT2D eigenvalue weighted by molar-refractivity contribution is 5.78. The molecule has 5 rings (SSSR count). The highest BCUT2D eigenvalue weighted by Gasteiger charge is 2.22. The van der Waals surface area contributed by atoms with Gasteiger partial charge in [-0.15, -0.1) is 0 Å². The molecule has 10 heteroatoms. The number of aromatic nitrogens is 5. The Kier molecular flexibility index (Phi) is 3.87. The summed E-state index contributed by atoms with van der Waals surface area (Å²) in [4.78, 5) is 8.46. The summed E-state index contributed by atoms with van der Waals surface area (Å²) in [5.74, 6) is 1.17. The maximum atomic E-state index is 13.2. The number of nitriles is 1. The summed E-state index contributed by atoms with van der Waals surface area (Å²) < 4.78 is 39.8. The Labute approximate surface area is 162 Å². The van der Waals surface area contributed by atoms with Crippen molar-refractivity contribution >= 4 is 5.65 Å². The van der Waals surface area contributed by atoms with Gasteiger partial charge in [-0.1, -0.05) is 0 Å². The van der Waals surface area contributed by atoms with Crippen LogP contribution in [0.5, 0.6) is 11.5 Å². The summed E-state index contributed by atoms with van der Waals surface area (Å²) >= 11 is 0. The van der Waals surface area contributed by atoms with Crippen molar-refractivity contribution in [1.29, 1.82) is 5.26 Å². The van der Waals surface area contributed by atoms with Crippen LogP contribution >= 0.6 is 0 Å². The number of ether oxygens (including phenoxy) is 2. The molecular weight excluding hydrogens is 382 g/mol. The van der Waals surface area contributed by atoms with Crippen molar-refractivity contribution in [3.05, 3.63) is 48.5 Å². The summed E-state index contributed by atoms with van der Waals surface area (Å²) in [6.45, 7) is -0.414. The van der Waals surface area contributed by atoms with Crippen molar-refractivity contribution in [3.63, 3.8) is 0 Å². The molecular formula is C19H12F2N6O2. The highest BCUT2D eigenvalue weighted by atomic mass is 19.3. The van der Waals surface area contributed by atoms with Crippen molar-refractivity contribution in [2.75, 3.05) is 6.79 Å². The van der Waals surface area contributed by atoms with Crippen molar-refractivity contribution in [2.24, 2.45) is 0 Å². The summed E-state index contributed by atoms with van der Waals surface area (Å²) in [6, 6.07) is 10.6. The second-order valence-electron chi connectivity index (χ2n) is 6.30. The van der Waals surface area contributed by atoms with E-state index in [1.165, 1.54) is 21.6 Å². The van der Waals surface area contributed by atoms with Crippen molar-refractivity contribution in [2.45, 2.75) is 13.0 Å². The van der Waals surface area contributed by atoms with E-state index in [1.54, 1.807) is 30.3 Å². The van der Waals surface area contributed by atoms with Crippen LogP contribution in [-0.4, -0.2) is 37.4 Å². The SMILES string of the molecule is N#Cc1cnc2ccc(-c3c(-c4ccc5c(c4)OCO5)ncn3CC(F)F)nn12. The van der Waals surface area contributed by atoms with Crippen molar-refractivity contribution < 1.29 is 18.3 Å². The molecule has 1 aliphatic rings. The minimum atomic E-state index is -2.57. The summed E-state index contributed by atoms with van der Waals surface area (Å²) in [5, 5.41) is 13.7. The van der Waals surface area contributed by atoms with Crippen LogP contribution in [0.3, 0.4) is 0 Å². The summed E-state index contributed by atoms with van der Waals surface area (Å²) in [6.07, 6.45) is 0.187. The van der Waals surface area contributed by atoms with E-state index in [-0.39, 0.29) is 12.5 Å². The minimum absolute atomic E-state index is 0.126. The lowest BCUT2D eigenvalue weighted by atomic mass is 10.1. The second-order valence-corrected chi connectivity index (χ2v) is 6.30. The third-order valence-corrected chi connectivity index (χ3v) is 4.54.